The second-order valence-electron chi connectivity index (χ2n) is 7.36. The average Bonchev–Trinajstić information content (AvgIpc) is 3.19. The number of allylic oxidation sites excluding steroid dienone is 1. The summed E-state index contributed by atoms with van der Waals surface area (Å²) < 4.78 is 11.6. The number of ether oxygens (including phenoxy) is 2. The highest BCUT2D eigenvalue weighted by Crippen LogP contribution is 2.26. The van der Waals surface area contributed by atoms with E-state index in [1.807, 2.05) is 6.08 Å². The van der Waals surface area contributed by atoms with Crippen molar-refractivity contribution in [2.24, 2.45) is 0 Å². The molecule has 1 aliphatic rings. The summed E-state index contributed by atoms with van der Waals surface area (Å²) in [7, 11) is 1.41. The molecule has 0 saturated carbocycles. The van der Waals surface area contributed by atoms with E-state index in [0.29, 0.717) is 24.8 Å². The summed E-state index contributed by atoms with van der Waals surface area (Å²) in [6, 6.07) is 0. The minimum atomic E-state index is -0.497. The standard InChI is InChI=1S/C21H32N2O6/c1-28-19(25)11-9-7-5-3-2-4-6-8-10-16-14-23(21(27)22-20(16)26)18-13-12-17(15-24)29-18/h8,10,14,17-18,24H,2-7,9,11-13,15H2,1H3,(H,22,26,27)/b10-8+/t17-,18+/m0/s1. The number of aromatic amines is 1. The van der Waals surface area contributed by atoms with Gasteiger partial charge in [-0.1, -0.05) is 37.8 Å². The molecule has 1 saturated heterocycles. The van der Waals surface area contributed by atoms with E-state index < -0.39 is 17.5 Å². The molecule has 0 unspecified atom stereocenters. The lowest BCUT2D eigenvalue weighted by Gasteiger charge is -2.15. The lowest BCUT2D eigenvalue weighted by atomic mass is 10.1. The average molecular weight is 408 g/mol. The first kappa shape index (κ1) is 23.1. The highest BCUT2D eigenvalue weighted by atomic mass is 16.5. The number of aliphatic hydroxyl groups is 1. The number of methoxy groups -OCH3 is 1. The number of hydrogen-bond acceptors (Lipinski definition) is 6. The molecule has 0 aromatic carbocycles. The fourth-order valence-corrected chi connectivity index (χ4v) is 3.41. The van der Waals surface area contributed by atoms with Gasteiger partial charge < -0.3 is 14.6 Å². The van der Waals surface area contributed by atoms with Crippen molar-refractivity contribution >= 4 is 12.0 Å². The Morgan fingerprint density at radius 1 is 1.24 bits per heavy atom. The highest BCUT2D eigenvalue weighted by Gasteiger charge is 2.26. The monoisotopic (exact) mass is 408 g/mol. The molecule has 2 rings (SSSR count). The molecule has 0 bridgehead atoms. The summed E-state index contributed by atoms with van der Waals surface area (Å²) in [4.78, 5) is 37.4. The van der Waals surface area contributed by atoms with E-state index >= 15 is 0 Å². The summed E-state index contributed by atoms with van der Waals surface area (Å²) in [5.74, 6) is -0.149. The summed E-state index contributed by atoms with van der Waals surface area (Å²) in [5.41, 5.74) is -0.490. The van der Waals surface area contributed by atoms with Gasteiger partial charge in [0.25, 0.3) is 5.56 Å². The molecule has 2 heterocycles. The Hall–Kier alpha value is -2.19. The zero-order chi connectivity index (χ0) is 21.1. The molecule has 1 aromatic rings. The number of carbonyl (C=O) groups is 1. The van der Waals surface area contributed by atoms with Crippen molar-refractivity contribution in [1.82, 2.24) is 9.55 Å². The SMILES string of the molecule is COC(=O)CCCCCCCC/C=C/c1cn([C@H]2CC[C@@H](CO)O2)c(=O)[nH]c1=O. The molecule has 2 N–H and O–H groups in total. The highest BCUT2D eigenvalue weighted by molar-refractivity contribution is 5.68. The Morgan fingerprint density at radius 3 is 2.66 bits per heavy atom. The molecule has 1 fully saturated rings. The molecule has 8 nitrogen and oxygen atoms in total. The van der Waals surface area contributed by atoms with Gasteiger partial charge in [0, 0.05) is 12.6 Å². The molecule has 1 aromatic heterocycles. The first-order valence-electron chi connectivity index (χ1n) is 10.4. The van der Waals surface area contributed by atoms with Crippen LogP contribution in [0.1, 0.15) is 76.0 Å². The van der Waals surface area contributed by atoms with E-state index in [2.05, 4.69) is 9.72 Å². The van der Waals surface area contributed by atoms with Crippen molar-refractivity contribution in [2.75, 3.05) is 13.7 Å². The Morgan fingerprint density at radius 2 is 1.97 bits per heavy atom. The quantitative estimate of drug-likeness (QED) is 0.406. The fourth-order valence-electron chi connectivity index (χ4n) is 3.41. The summed E-state index contributed by atoms with van der Waals surface area (Å²) in [5, 5.41) is 9.18. The Kier molecular flexibility index (Phi) is 9.87. The maximum Gasteiger partial charge on any atom is 0.330 e. The maximum atomic E-state index is 12.1. The molecular formula is C21H32N2O6. The van der Waals surface area contributed by atoms with Gasteiger partial charge in [-0.2, -0.15) is 0 Å². The largest absolute Gasteiger partial charge is 0.469 e. The number of unbranched alkanes of at least 4 members (excludes halogenated alkanes) is 6. The van der Waals surface area contributed by atoms with E-state index in [1.165, 1.54) is 17.9 Å². The smallest absolute Gasteiger partial charge is 0.330 e. The van der Waals surface area contributed by atoms with Crippen LogP contribution in [0.25, 0.3) is 6.08 Å². The number of H-pyrrole nitrogens is 1. The number of nitrogens with one attached hydrogen (secondary N) is 1. The molecule has 8 heteroatoms. The molecule has 0 aliphatic carbocycles. The van der Waals surface area contributed by atoms with Crippen molar-refractivity contribution in [3.05, 3.63) is 38.7 Å². The minimum absolute atomic E-state index is 0.0767. The van der Waals surface area contributed by atoms with E-state index in [9.17, 15) is 19.5 Å². The van der Waals surface area contributed by atoms with Gasteiger partial charge in [0.1, 0.15) is 6.23 Å². The first-order chi connectivity index (χ1) is 14.0. The minimum Gasteiger partial charge on any atom is -0.469 e. The maximum absolute atomic E-state index is 12.1. The Bertz CT molecular complexity index is 782. The summed E-state index contributed by atoms with van der Waals surface area (Å²) in [6.07, 6.45) is 13.4. The Labute approximate surface area is 170 Å². The van der Waals surface area contributed by atoms with Gasteiger partial charge in [-0.15, -0.1) is 0 Å². The van der Waals surface area contributed by atoms with Crippen LogP contribution in [0.5, 0.6) is 0 Å². The van der Waals surface area contributed by atoms with E-state index in [-0.39, 0.29) is 18.7 Å². The Balaban J connectivity index is 1.73. The normalized spacial score (nSPS) is 19.1. The second kappa shape index (κ2) is 12.4. The van der Waals surface area contributed by atoms with Gasteiger partial charge in [-0.25, -0.2) is 4.79 Å². The third kappa shape index (κ3) is 7.62. The first-order valence-corrected chi connectivity index (χ1v) is 10.4. The molecule has 2 atom stereocenters. The third-order valence-corrected chi connectivity index (χ3v) is 5.12. The number of rotatable bonds is 12. The lowest BCUT2D eigenvalue weighted by Crippen LogP contribution is -2.33. The van der Waals surface area contributed by atoms with Crippen molar-refractivity contribution in [3.8, 4) is 0 Å². The number of hydrogen-bond donors (Lipinski definition) is 2. The molecule has 0 spiro atoms. The van der Waals surface area contributed by atoms with Gasteiger partial charge in [0.15, 0.2) is 0 Å². The topological polar surface area (TPSA) is 111 Å². The summed E-state index contributed by atoms with van der Waals surface area (Å²) in [6.45, 7) is -0.0767. The van der Waals surface area contributed by atoms with E-state index in [0.717, 1.165) is 44.9 Å². The fraction of sp³-hybridized carbons (Fsp3) is 0.667. The van der Waals surface area contributed by atoms with Crippen LogP contribution in [0, 0.1) is 0 Å². The zero-order valence-corrected chi connectivity index (χ0v) is 17.1. The molecular weight excluding hydrogens is 376 g/mol. The van der Waals surface area contributed by atoms with Crippen LogP contribution >= 0.6 is 0 Å². The molecule has 1 aliphatic heterocycles. The predicted octanol–water partition coefficient (Wildman–Crippen LogP) is 2.51. The lowest BCUT2D eigenvalue weighted by molar-refractivity contribution is -0.140. The van der Waals surface area contributed by atoms with Gasteiger partial charge >= 0.3 is 11.7 Å². The van der Waals surface area contributed by atoms with Crippen molar-refractivity contribution in [1.29, 1.82) is 0 Å². The summed E-state index contributed by atoms with van der Waals surface area (Å²) >= 11 is 0. The number of esters is 1. The van der Waals surface area contributed by atoms with Crippen molar-refractivity contribution < 1.29 is 19.4 Å². The van der Waals surface area contributed by atoms with Crippen LogP contribution in [0.3, 0.4) is 0 Å². The number of aliphatic hydroxyl groups excluding tert-OH is 1. The van der Waals surface area contributed by atoms with Crippen LogP contribution in [0.2, 0.25) is 0 Å². The van der Waals surface area contributed by atoms with Crippen molar-refractivity contribution in [2.45, 2.75) is 76.5 Å². The molecule has 162 valence electrons. The number of nitrogens with zero attached hydrogens (tertiary/aromatic N) is 1. The molecule has 0 amide bonds. The zero-order valence-electron chi connectivity index (χ0n) is 17.1. The number of carbonyl (C=O) groups excluding carboxylic acids is 1. The van der Waals surface area contributed by atoms with E-state index in [4.69, 9.17) is 4.74 Å². The molecule has 29 heavy (non-hydrogen) atoms. The van der Waals surface area contributed by atoms with Gasteiger partial charge in [0.2, 0.25) is 0 Å². The van der Waals surface area contributed by atoms with Gasteiger partial charge in [0.05, 0.1) is 25.4 Å². The van der Waals surface area contributed by atoms with E-state index in [1.54, 1.807) is 6.08 Å². The van der Waals surface area contributed by atoms with Crippen molar-refractivity contribution in [3.63, 3.8) is 0 Å². The van der Waals surface area contributed by atoms with Crippen LogP contribution < -0.4 is 11.2 Å². The second-order valence-corrected chi connectivity index (χ2v) is 7.36. The number of aromatic nitrogens is 2. The molecule has 0 radical (unpaired) electrons. The van der Waals surface area contributed by atoms with Crippen LogP contribution in [-0.2, 0) is 14.3 Å². The predicted molar refractivity (Wildman–Crippen MR) is 110 cm³/mol. The van der Waals surface area contributed by atoms with Crippen LogP contribution in [-0.4, -0.2) is 40.4 Å². The third-order valence-electron chi connectivity index (χ3n) is 5.12. The van der Waals surface area contributed by atoms with Crippen LogP contribution in [0.15, 0.2) is 21.9 Å². The van der Waals surface area contributed by atoms with Gasteiger partial charge in [-0.05, 0) is 32.1 Å². The van der Waals surface area contributed by atoms with Gasteiger partial charge in [-0.3, -0.25) is 19.1 Å². The van der Waals surface area contributed by atoms with Crippen LogP contribution in [0.4, 0.5) is 0 Å².